The first-order valence-electron chi connectivity index (χ1n) is 5.53. The maximum atomic E-state index is 11.5. The van der Waals surface area contributed by atoms with Crippen molar-refractivity contribution >= 4 is 21.2 Å². The third kappa shape index (κ3) is 2.14. The van der Waals surface area contributed by atoms with E-state index in [0.717, 1.165) is 5.69 Å². The zero-order valence-electron chi connectivity index (χ0n) is 8.85. The molecule has 1 aromatic rings. The molecule has 2 fully saturated rings. The van der Waals surface area contributed by atoms with Gasteiger partial charge in [0.25, 0.3) is 0 Å². The van der Waals surface area contributed by atoms with Gasteiger partial charge in [-0.2, -0.15) is 0 Å². The number of nitrogens with zero attached hydrogens (tertiary/aromatic N) is 1. The number of hydrogen-bond donors (Lipinski definition) is 1. The van der Waals surface area contributed by atoms with Gasteiger partial charge in [-0.25, -0.2) is 13.4 Å². The molecule has 6 heteroatoms. The third-order valence-corrected chi connectivity index (χ3v) is 5.74. The summed E-state index contributed by atoms with van der Waals surface area (Å²) in [5.74, 6) is 1.10. The summed E-state index contributed by atoms with van der Waals surface area (Å²) in [6, 6.07) is -0.0949. The lowest BCUT2D eigenvalue weighted by Crippen LogP contribution is -2.39. The van der Waals surface area contributed by atoms with Crippen LogP contribution >= 0.6 is 11.3 Å². The summed E-state index contributed by atoms with van der Waals surface area (Å²) >= 11 is 1.67. The quantitative estimate of drug-likeness (QED) is 0.862. The van der Waals surface area contributed by atoms with E-state index in [-0.39, 0.29) is 17.5 Å². The van der Waals surface area contributed by atoms with E-state index >= 15 is 0 Å². The molecular weight excluding hydrogens is 244 g/mol. The van der Waals surface area contributed by atoms with Crippen LogP contribution in [-0.2, 0) is 9.84 Å². The number of aromatic nitrogens is 1. The fourth-order valence-electron chi connectivity index (χ4n) is 1.95. The van der Waals surface area contributed by atoms with Crippen molar-refractivity contribution < 1.29 is 8.42 Å². The van der Waals surface area contributed by atoms with E-state index in [2.05, 4.69) is 10.3 Å². The van der Waals surface area contributed by atoms with Gasteiger partial charge in [0, 0.05) is 17.8 Å². The Kier molecular flexibility index (Phi) is 2.53. The van der Waals surface area contributed by atoms with Crippen molar-refractivity contribution in [1.29, 1.82) is 0 Å². The predicted octanol–water partition coefficient (Wildman–Crippen LogP) is 1.08. The average Bonchev–Trinajstić information content (AvgIpc) is 2.95. The van der Waals surface area contributed by atoms with Crippen molar-refractivity contribution in [2.75, 3.05) is 18.1 Å². The number of thiazole rings is 1. The maximum Gasteiger partial charge on any atom is 0.153 e. The third-order valence-electron chi connectivity index (χ3n) is 3.05. The molecule has 3 rings (SSSR count). The van der Waals surface area contributed by atoms with Gasteiger partial charge in [-0.3, -0.25) is 0 Å². The number of nitrogens with one attached hydrogen (secondary N) is 1. The Morgan fingerprint density at radius 3 is 2.94 bits per heavy atom. The zero-order valence-corrected chi connectivity index (χ0v) is 10.5. The summed E-state index contributed by atoms with van der Waals surface area (Å²) in [7, 11) is -2.87. The van der Waals surface area contributed by atoms with Crippen LogP contribution in [0.15, 0.2) is 5.38 Å². The molecule has 0 bridgehead atoms. The van der Waals surface area contributed by atoms with E-state index < -0.39 is 9.84 Å². The van der Waals surface area contributed by atoms with Gasteiger partial charge in [0.15, 0.2) is 9.84 Å². The van der Waals surface area contributed by atoms with Crippen LogP contribution in [0.25, 0.3) is 0 Å². The molecule has 0 spiro atoms. The lowest BCUT2D eigenvalue weighted by atomic mass is 10.2. The molecule has 2 heterocycles. The van der Waals surface area contributed by atoms with E-state index in [1.165, 1.54) is 17.8 Å². The minimum atomic E-state index is -2.87. The van der Waals surface area contributed by atoms with Gasteiger partial charge in [-0.15, -0.1) is 11.3 Å². The molecule has 1 aliphatic carbocycles. The Labute approximate surface area is 99.0 Å². The van der Waals surface area contributed by atoms with Crippen molar-refractivity contribution in [1.82, 2.24) is 10.3 Å². The molecule has 1 saturated carbocycles. The smallest absolute Gasteiger partial charge is 0.153 e. The van der Waals surface area contributed by atoms with Crippen LogP contribution in [-0.4, -0.2) is 31.5 Å². The van der Waals surface area contributed by atoms with E-state index in [9.17, 15) is 8.42 Å². The van der Waals surface area contributed by atoms with Crippen LogP contribution in [0, 0.1) is 0 Å². The Morgan fingerprint density at radius 2 is 2.25 bits per heavy atom. The molecule has 1 unspecified atom stereocenters. The molecule has 1 aromatic heterocycles. The van der Waals surface area contributed by atoms with Crippen LogP contribution in [0.2, 0.25) is 0 Å². The SMILES string of the molecule is O=S1(=O)CCNC(c2csc(C3CC3)n2)C1. The van der Waals surface area contributed by atoms with Crippen LogP contribution in [0.4, 0.5) is 0 Å². The molecule has 4 nitrogen and oxygen atoms in total. The molecule has 1 saturated heterocycles. The second-order valence-electron chi connectivity index (χ2n) is 4.51. The summed E-state index contributed by atoms with van der Waals surface area (Å²) in [5, 5.41) is 6.42. The molecule has 1 atom stereocenters. The van der Waals surface area contributed by atoms with Crippen molar-refractivity contribution in [2.24, 2.45) is 0 Å². The Morgan fingerprint density at radius 1 is 1.44 bits per heavy atom. The first-order valence-corrected chi connectivity index (χ1v) is 8.23. The van der Waals surface area contributed by atoms with E-state index in [1.807, 2.05) is 5.38 Å². The summed E-state index contributed by atoms with van der Waals surface area (Å²) in [6.45, 7) is 0.545. The minimum absolute atomic E-state index is 0.0949. The molecule has 16 heavy (non-hydrogen) atoms. The summed E-state index contributed by atoms with van der Waals surface area (Å²) in [4.78, 5) is 4.55. The maximum absolute atomic E-state index is 11.5. The van der Waals surface area contributed by atoms with E-state index in [0.29, 0.717) is 12.5 Å². The van der Waals surface area contributed by atoms with Crippen LogP contribution in [0.5, 0.6) is 0 Å². The van der Waals surface area contributed by atoms with Gasteiger partial charge in [-0.1, -0.05) is 0 Å². The van der Waals surface area contributed by atoms with E-state index in [1.54, 1.807) is 11.3 Å². The number of rotatable bonds is 2. The Balaban J connectivity index is 1.80. The number of sulfone groups is 1. The van der Waals surface area contributed by atoms with Gasteiger partial charge in [-0.05, 0) is 12.8 Å². The van der Waals surface area contributed by atoms with Crippen LogP contribution in [0.1, 0.15) is 35.5 Å². The summed E-state index contributed by atoms with van der Waals surface area (Å²) < 4.78 is 23.0. The first kappa shape index (κ1) is 10.7. The largest absolute Gasteiger partial charge is 0.307 e. The highest BCUT2D eigenvalue weighted by atomic mass is 32.2. The fourth-order valence-corrected chi connectivity index (χ4v) is 4.39. The van der Waals surface area contributed by atoms with Gasteiger partial charge in [0.2, 0.25) is 0 Å². The second-order valence-corrected chi connectivity index (χ2v) is 7.62. The predicted molar refractivity (Wildman–Crippen MR) is 63.5 cm³/mol. The zero-order chi connectivity index (χ0) is 11.2. The lowest BCUT2D eigenvalue weighted by Gasteiger charge is -2.21. The standard InChI is InChI=1S/C10H14N2O2S2/c13-16(14)4-3-11-9(6-16)8-5-15-10(12-8)7-1-2-7/h5,7,9,11H,1-4,6H2. The van der Waals surface area contributed by atoms with Crippen molar-refractivity contribution in [3.05, 3.63) is 16.1 Å². The molecule has 88 valence electrons. The average molecular weight is 258 g/mol. The van der Waals surface area contributed by atoms with Crippen LogP contribution < -0.4 is 5.32 Å². The van der Waals surface area contributed by atoms with Gasteiger partial charge in [0.05, 0.1) is 28.2 Å². The first-order chi connectivity index (χ1) is 7.64. The van der Waals surface area contributed by atoms with Gasteiger partial charge in [0.1, 0.15) is 0 Å². The molecular formula is C10H14N2O2S2. The molecule has 0 aromatic carbocycles. The molecule has 1 N–H and O–H groups in total. The molecule has 1 aliphatic heterocycles. The lowest BCUT2D eigenvalue weighted by molar-refractivity contribution is 0.525. The van der Waals surface area contributed by atoms with Crippen molar-refractivity contribution in [3.8, 4) is 0 Å². The highest BCUT2D eigenvalue weighted by Gasteiger charge is 2.30. The highest BCUT2D eigenvalue weighted by Crippen LogP contribution is 2.42. The summed E-state index contributed by atoms with van der Waals surface area (Å²) in [6.07, 6.45) is 2.48. The minimum Gasteiger partial charge on any atom is -0.307 e. The van der Waals surface area contributed by atoms with Crippen molar-refractivity contribution in [2.45, 2.75) is 24.8 Å². The van der Waals surface area contributed by atoms with Crippen LogP contribution in [0.3, 0.4) is 0 Å². The fraction of sp³-hybridized carbons (Fsp3) is 0.700. The van der Waals surface area contributed by atoms with Gasteiger partial charge >= 0.3 is 0 Å². The van der Waals surface area contributed by atoms with Crippen molar-refractivity contribution in [3.63, 3.8) is 0 Å². The van der Waals surface area contributed by atoms with Gasteiger partial charge < -0.3 is 5.32 Å². The number of hydrogen-bond acceptors (Lipinski definition) is 5. The molecule has 0 radical (unpaired) electrons. The topological polar surface area (TPSA) is 59.1 Å². The molecule has 2 aliphatic rings. The Hall–Kier alpha value is -0.460. The summed E-state index contributed by atoms with van der Waals surface area (Å²) in [5.41, 5.74) is 0.912. The second kappa shape index (κ2) is 3.78. The highest BCUT2D eigenvalue weighted by molar-refractivity contribution is 7.91. The van der Waals surface area contributed by atoms with E-state index in [4.69, 9.17) is 0 Å². The monoisotopic (exact) mass is 258 g/mol. The molecule has 0 amide bonds. The Bertz CT molecular complexity index is 491. The normalized spacial score (nSPS) is 29.1.